The molecule has 112 valence electrons. The van der Waals surface area contributed by atoms with Gasteiger partial charge in [-0.1, -0.05) is 0 Å². The molecule has 0 radical (unpaired) electrons. The lowest BCUT2D eigenvalue weighted by atomic mass is 9.94. The minimum Gasteiger partial charge on any atom is -0.493 e. The Kier molecular flexibility index (Phi) is 4.31. The first-order valence-corrected chi connectivity index (χ1v) is 6.73. The van der Waals surface area contributed by atoms with E-state index in [-0.39, 0.29) is 11.7 Å². The maximum Gasteiger partial charge on any atom is 0.223 e. The SMILES string of the molecule is COc1cc2c(cc1OC)C(=CC(C)=O)N(C(C)=O)CC2. The lowest BCUT2D eigenvalue weighted by Crippen LogP contribution is -2.33. The summed E-state index contributed by atoms with van der Waals surface area (Å²) in [6.07, 6.45) is 2.20. The van der Waals surface area contributed by atoms with Gasteiger partial charge in [0.1, 0.15) is 0 Å². The number of hydrogen-bond acceptors (Lipinski definition) is 4. The minimum absolute atomic E-state index is 0.0806. The van der Waals surface area contributed by atoms with E-state index in [4.69, 9.17) is 9.47 Å². The number of nitrogens with zero attached hydrogens (tertiary/aromatic N) is 1. The lowest BCUT2D eigenvalue weighted by Gasteiger charge is -2.31. The average molecular weight is 289 g/mol. The van der Waals surface area contributed by atoms with Gasteiger partial charge in [0.15, 0.2) is 17.3 Å². The van der Waals surface area contributed by atoms with Gasteiger partial charge in [0.05, 0.1) is 19.9 Å². The van der Waals surface area contributed by atoms with Gasteiger partial charge in [-0.2, -0.15) is 0 Å². The highest BCUT2D eigenvalue weighted by molar-refractivity contribution is 5.99. The second-order valence-corrected chi connectivity index (χ2v) is 4.93. The molecule has 0 spiro atoms. The smallest absolute Gasteiger partial charge is 0.223 e. The number of benzene rings is 1. The molecule has 0 aromatic heterocycles. The Bertz CT molecular complexity index is 619. The molecule has 1 aliphatic rings. The molecule has 5 nitrogen and oxygen atoms in total. The average Bonchev–Trinajstić information content (AvgIpc) is 2.45. The molecule has 21 heavy (non-hydrogen) atoms. The highest BCUT2D eigenvalue weighted by Gasteiger charge is 2.26. The molecule has 0 N–H and O–H groups in total. The Morgan fingerprint density at radius 1 is 1.14 bits per heavy atom. The van der Waals surface area contributed by atoms with E-state index in [1.165, 1.54) is 19.9 Å². The van der Waals surface area contributed by atoms with Crippen LogP contribution in [0.5, 0.6) is 11.5 Å². The molecule has 1 aromatic rings. The monoisotopic (exact) mass is 289 g/mol. The van der Waals surface area contributed by atoms with Crippen molar-refractivity contribution in [1.82, 2.24) is 4.90 Å². The normalized spacial score (nSPS) is 15.6. The van der Waals surface area contributed by atoms with Crippen molar-refractivity contribution in [2.24, 2.45) is 0 Å². The number of hydrogen-bond donors (Lipinski definition) is 0. The number of methoxy groups -OCH3 is 2. The molecule has 0 atom stereocenters. The Balaban J connectivity index is 2.62. The van der Waals surface area contributed by atoms with Crippen LogP contribution in [0.3, 0.4) is 0 Å². The van der Waals surface area contributed by atoms with Crippen LogP contribution in [0.4, 0.5) is 0 Å². The molecular weight excluding hydrogens is 270 g/mol. The van der Waals surface area contributed by atoms with E-state index in [9.17, 15) is 9.59 Å². The first kappa shape index (κ1) is 15.1. The van der Waals surface area contributed by atoms with Gasteiger partial charge in [-0.3, -0.25) is 9.59 Å². The summed E-state index contributed by atoms with van der Waals surface area (Å²) in [6.45, 7) is 3.52. The molecule has 1 aromatic carbocycles. The first-order chi connectivity index (χ1) is 9.97. The van der Waals surface area contributed by atoms with Crippen LogP contribution in [0, 0.1) is 0 Å². The van der Waals surface area contributed by atoms with Gasteiger partial charge in [0.25, 0.3) is 0 Å². The van der Waals surface area contributed by atoms with E-state index in [1.807, 2.05) is 12.1 Å². The molecule has 0 saturated carbocycles. The van der Waals surface area contributed by atoms with Gasteiger partial charge >= 0.3 is 0 Å². The fourth-order valence-corrected chi connectivity index (χ4v) is 2.54. The van der Waals surface area contributed by atoms with E-state index in [2.05, 4.69) is 0 Å². The Morgan fingerprint density at radius 2 is 1.76 bits per heavy atom. The standard InChI is InChI=1S/C16H19NO4/c1-10(18)7-14-13-9-16(21-4)15(20-3)8-12(13)5-6-17(14)11(2)19/h7-9H,5-6H2,1-4H3. The Morgan fingerprint density at radius 3 is 2.29 bits per heavy atom. The van der Waals surface area contributed by atoms with Gasteiger partial charge in [0, 0.05) is 25.1 Å². The van der Waals surface area contributed by atoms with Gasteiger partial charge in [-0.05, 0) is 31.0 Å². The van der Waals surface area contributed by atoms with Crippen molar-refractivity contribution in [2.45, 2.75) is 20.3 Å². The molecule has 0 aliphatic carbocycles. The number of rotatable bonds is 3. The van der Waals surface area contributed by atoms with Crippen molar-refractivity contribution in [2.75, 3.05) is 20.8 Å². The van der Waals surface area contributed by atoms with Crippen molar-refractivity contribution in [1.29, 1.82) is 0 Å². The number of carbonyl (C=O) groups is 2. The van der Waals surface area contributed by atoms with Crippen molar-refractivity contribution in [3.05, 3.63) is 29.3 Å². The number of fused-ring (bicyclic) bond motifs is 1. The third kappa shape index (κ3) is 2.91. The zero-order valence-electron chi connectivity index (χ0n) is 12.7. The molecule has 1 heterocycles. The molecule has 0 bridgehead atoms. The second-order valence-electron chi connectivity index (χ2n) is 4.93. The van der Waals surface area contributed by atoms with Crippen molar-refractivity contribution in [3.63, 3.8) is 0 Å². The van der Waals surface area contributed by atoms with Crippen LogP contribution in [0.15, 0.2) is 18.2 Å². The number of amides is 1. The van der Waals surface area contributed by atoms with E-state index in [0.717, 1.165) is 11.1 Å². The summed E-state index contributed by atoms with van der Waals surface area (Å²) >= 11 is 0. The zero-order valence-corrected chi connectivity index (χ0v) is 12.7. The minimum atomic E-state index is -0.0983. The fraction of sp³-hybridized carbons (Fsp3) is 0.375. The highest BCUT2D eigenvalue weighted by atomic mass is 16.5. The number of carbonyl (C=O) groups excluding carboxylic acids is 2. The summed E-state index contributed by atoms with van der Waals surface area (Å²) < 4.78 is 10.6. The van der Waals surface area contributed by atoms with E-state index in [1.54, 1.807) is 19.1 Å². The second kappa shape index (κ2) is 5.99. The molecule has 0 saturated heterocycles. The molecule has 0 unspecified atom stereocenters. The first-order valence-electron chi connectivity index (χ1n) is 6.73. The molecule has 1 amide bonds. The maximum absolute atomic E-state index is 11.8. The number of ketones is 1. The van der Waals surface area contributed by atoms with Gasteiger partial charge in [-0.25, -0.2) is 0 Å². The van der Waals surface area contributed by atoms with E-state index in [0.29, 0.717) is 30.2 Å². The number of ether oxygens (including phenoxy) is 2. The summed E-state index contributed by atoms with van der Waals surface area (Å²) in [5.74, 6) is 1.05. The summed E-state index contributed by atoms with van der Waals surface area (Å²) in [5.41, 5.74) is 2.50. The summed E-state index contributed by atoms with van der Waals surface area (Å²) in [7, 11) is 3.14. The highest BCUT2D eigenvalue weighted by Crippen LogP contribution is 2.37. The summed E-state index contributed by atoms with van der Waals surface area (Å²) in [5, 5.41) is 0. The van der Waals surface area contributed by atoms with Crippen molar-refractivity contribution < 1.29 is 19.1 Å². The summed E-state index contributed by atoms with van der Waals surface area (Å²) in [6, 6.07) is 3.72. The Hall–Kier alpha value is -2.30. The summed E-state index contributed by atoms with van der Waals surface area (Å²) in [4.78, 5) is 24.9. The van der Waals surface area contributed by atoms with E-state index < -0.39 is 0 Å². The van der Waals surface area contributed by atoms with Crippen LogP contribution < -0.4 is 9.47 Å². The molecule has 5 heteroatoms. The zero-order chi connectivity index (χ0) is 15.6. The molecule has 0 fully saturated rings. The van der Waals surface area contributed by atoms with Crippen LogP contribution in [-0.2, 0) is 16.0 Å². The molecule has 1 aliphatic heterocycles. The molecular formula is C16H19NO4. The fourth-order valence-electron chi connectivity index (χ4n) is 2.54. The third-order valence-electron chi connectivity index (χ3n) is 3.50. The maximum atomic E-state index is 11.8. The van der Waals surface area contributed by atoms with Crippen molar-refractivity contribution in [3.8, 4) is 11.5 Å². The van der Waals surface area contributed by atoms with E-state index >= 15 is 0 Å². The quantitative estimate of drug-likeness (QED) is 0.799. The number of allylic oxidation sites excluding steroid dienone is 1. The van der Waals surface area contributed by atoms with Crippen LogP contribution >= 0.6 is 0 Å². The molecule has 2 rings (SSSR count). The van der Waals surface area contributed by atoms with Gasteiger partial charge in [-0.15, -0.1) is 0 Å². The predicted molar refractivity (Wildman–Crippen MR) is 79.3 cm³/mol. The van der Waals surface area contributed by atoms with Crippen LogP contribution in [0.2, 0.25) is 0 Å². The van der Waals surface area contributed by atoms with Crippen molar-refractivity contribution >= 4 is 17.4 Å². The predicted octanol–water partition coefficient (Wildman–Crippen LogP) is 2.04. The van der Waals surface area contributed by atoms with Crippen LogP contribution in [-0.4, -0.2) is 37.4 Å². The van der Waals surface area contributed by atoms with Crippen LogP contribution in [0.25, 0.3) is 5.70 Å². The third-order valence-corrected chi connectivity index (χ3v) is 3.50. The Labute approximate surface area is 124 Å². The van der Waals surface area contributed by atoms with Gasteiger partial charge in [0.2, 0.25) is 5.91 Å². The van der Waals surface area contributed by atoms with Gasteiger partial charge < -0.3 is 14.4 Å². The lowest BCUT2D eigenvalue weighted by molar-refractivity contribution is -0.125. The topological polar surface area (TPSA) is 55.8 Å². The largest absolute Gasteiger partial charge is 0.493 e. The van der Waals surface area contributed by atoms with Crippen LogP contribution in [0.1, 0.15) is 25.0 Å².